The summed E-state index contributed by atoms with van der Waals surface area (Å²) in [5.41, 5.74) is 8.95. The Balaban J connectivity index is 2.07. The van der Waals surface area contributed by atoms with Crippen LogP contribution in [0.4, 0.5) is 5.69 Å². The number of aromatic nitrogens is 4. The summed E-state index contributed by atoms with van der Waals surface area (Å²) in [6, 6.07) is 9.63. The molecule has 2 aromatic heterocycles. The van der Waals surface area contributed by atoms with E-state index in [2.05, 4.69) is 15.3 Å². The highest BCUT2D eigenvalue weighted by Crippen LogP contribution is 2.29. The molecule has 0 saturated heterocycles. The van der Waals surface area contributed by atoms with E-state index in [0.717, 1.165) is 11.3 Å². The van der Waals surface area contributed by atoms with Crippen molar-refractivity contribution < 1.29 is 4.42 Å². The summed E-state index contributed by atoms with van der Waals surface area (Å²) in [7, 11) is 0. The Morgan fingerprint density at radius 3 is 2.55 bits per heavy atom. The summed E-state index contributed by atoms with van der Waals surface area (Å²) in [5, 5.41) is 12.5. The third-order valence-electron chi connectivity index (χ3n) is 3.12. The van der Waals surface area contributed by atoms with E-state index >= 15 is 0 Å². The van der Waals surface area contributed by atoms with Crippen molar-refractivity contribution in [1.82, 2.24) is 20.0 Å². The average molecular weight is 269 g/mol. The van der Waals surface area contributed by atoms with Crippen LogP contribution in [0.5, 0.6) is 0 Å². The Labute approximate surface area is 116 Å². The summed E-state index contributed by atoms with van der Waals surface area (Å²) in [5.74, 6) is 0.866. The Morgan fingerprint density at radius 2 is 1.85 bits per heavy atom. The van der Waals surface area contributed by atoms with Crippen molar-refractivity contribution in [3.63, 3.8) is 0 Å². The second kappa shape index (κ2) is 4.80. The maximum absolute atomic E-state index is 6.05. The van der Waals surface area contributed by atoms with Crippen LogP contribution in [0.1, 0.15) is 12.6 Å². The molecule has 1 aromatic carbocycles. The number of hydrogen-bond donors (Lipinski definition) is 1. The predicted octanol–water partition coefficient (Wildman–Crippen LogP) is 2.51. The van der Waals surface area contributed by atoms with Gasteiger partial charge in [0.2, 0.25) is 5.89 Å². The molecule has 0 bridgehead atoms. The molecule has 0 radical (unpaired) electrons. The average Bonchev–Trinajstić information content (AvgIpc) is 3.06. The van der Waals surface area contributed by atoms with Crippen molar-refractivity contribution in [2.75, 3.05) is 5.73 Å². The molecule has 20 heavy (non-hydrogen) atoms. The van der Waals surface area contributed by atoms with Crippen LogP contribution in [-0.2, 0) is 6.54 Å². The van der Waals surface area contributed by atoms with Crippen LogP contribution < -0.4 is 5.73 Å². The number of aryl methyl sites for hydroxylation is 2. The van der Waals surface area contributed by atoms with Gasteiger partial charge in [-0.05, 0) is 26.0 Å². The number of nitrogens with two attached hydrogens (primary N) is 1. The second-order valence-corrected chi connectivity index (χ2v) is 4.44. The third kappa shape index (κ3) is 1.95. The summed E-state index contributed by atoms with van der Waals surface area (Å²) >= 11 is 0. The highest BCUT2D eigenvalue weighted by molar-refractivity contribution is 5.69. The Hall–Kier alpha value is -2.63. The van der Waals surface area contributed by atoms with Crippen molar-refractivity contribution in [3.05, 3.63) is 36.0 Å². The van der Waals surface area contributed by atoms with E-state index in [1.807, 2.05) is 44.2 Å². The van der Waals surface area contributed by atoms with Gasteiger partial charge in [0.1, 0.15) is 5.69 Å². The predicted molar refractivity (Wildman–Crippen MR) is 75.8 cm³/mol. The summed E-state index contributed by atoms with van der Waals surface area (Å²) in [6.45, 7) is 4.54. The highest BCUT2D eigenvalue weighted by atomic mass is 16.4. The lowest BCUT2D eigenvalue weighted by Gasteiger charge is -2.00. The molecule has 3 aromatic rings. The quantitative estimate of drug-likeness (QED) is 0.789. The van der Waals surface area contributed by atoms with Gasteiger partial charge in [-0.25, -0.2) is 0 Å². The maximum Gasteiger partial charge on any atom is 0.268 e. The minimum absolute atomic E-state index is 0.392. The van der Waals surface area contributed by atoms with Crippen LogP contribution in [0.15, 0.2) is 34.7 Å². The van der Waals surface area contributed by atoms with Crippen LogP contribution in [0.2, 0.25) is 0 Å². The van der Waals surface area contributed by atoms with E-state index in [4.69, 9.17) is 10.2 Å². The summed E-state index contributed by atoms with van der Waals surface area (Å²) < 4.78 is 7.50. The number of nitrogens with zero attached hydrogens (tertiary/aromatic N) is 4. The second-order valence-electron chi connectivity index (χ2n) is 4.44. The van der Waals surface area contributed by atoms with Crippen molar-refractivity contribution in [1.29, 1.82) is 0 Å². The van der Waals surface area contributed by atoms with E-state index in [-0.39, 0.29) is 0 Å². The first-order chi connectivity index (χ1) is 9.70. The molecule has 0 aliphatic rings. The fourth-order valence-corrected chi connectivity index (χ4v) is 2.07. The SMILES string of the molecule is CCn1nc(C)c(N)c1-c1nnc(-c2ccccc2)o1. The molecule has 3 rings (SSSR count). The van der Waals surface area contributed by atoms with Gasteiger partial charge in [-0.1, -0.05) is 18.2 Å². The van der Waals surface area contributed by atoms with Gasteiger partial charge in [-0.15, -0.1) is 10.2 Å². The molecule has 0 amide bonds. The van der Waals surface area contributed by atoms with Crippen LogP contribution in [0.25, 0.3) is 23.0 Å². The molecule has 0 fully saturated rings. The minimum Gasteiger partial charge on any atom is -0.415 e. The Morgan fingerprint density at radius 1 is 1.15 bits per heavy atom. The lowest BCUT2D eigenvalue weighted by atomic mass is 10.2. The van der Waals surface area contributed by atoms with Crippen molar-refractivity contribution in [2.24, 2.45) is 0 Å². The van der Waals surface area contributed by atoms with E-state index < -0.39 is 0 Å². The monoisotopic (exact) mass is 269 g/mol. The first kappa shape index (κ1) is 12.4. The van der Waals surface area contributed by atoms with E-state index in [9.17, 15) is 0 Å². The molecule has 0 spiro atoms. The van der Waals surface area contributed by atoms with E-state index in [1.165, 1.54) is 0 Å². The van der Waals surface area contributed by atoms with Gasteiger partial charge in [-0.3, -0.25) is 4.68 Å². The summed E-state index contributed by atoms with van der Waals surface area (Å²) in [4.78, 5) is 0. The zero-order valence-corrected chi connectivity index (χ0v) is 11.4. The van der Waals surface area contributed by atoms with E-state index in [0.29, 0.717) is 29.7 Å². The van der Waals surface area contributed by atoms with Gasteiger partial charge in [0.05, 0.1) is 11.4 Å². The van der Waals surface area contributed by atoms with Gasteiger partial charge in [0, 0.05) is 12.1 Å². The smallest absolute Gasteiger partial charge is 0.268 e. The molecule has 2 heterocycles. The maximum atomic E-state index is 6.05. The first-order valence-corrected chi connectivity index (χ1v) is 6.43. The molecule has 0 unspecified atom stereocenters. The van der Waals surface area contributed by atoms with Gasteiger partial charge < -0.3 is 10.2 Å². The Bertz CT molecular complexity index is 729. The topological polar surface area (TPSA) is 82.8 Å². The molecule has 6 nitrogen and oxygen atoms in total. The molecular weight excluding hydrogens is 254 g/mol. The zero-order chi connectivity index (χ0) is 14.1. The molecule has 0 atom stereocenters. The van der Waals surface area contributed by atoms with Crippen molar-refractivity contribution in [3.8, 4) is 23.0 Å². The first-order valence-electron chi connectivity index (χ1n) is 6.43. The van der Waals surface area contributed by atoms with Crippen LogP contribution in [0.3, 0.4) is 0 Å². The van der Waals surface area contributed by atoms with Gasteiger partial charge in [0.15, 0.2) is 0 Å². The van der Waals surface area contributed by atoms with Crippen LogP contribution >= 0.6 is 0 Å². The third-order valence-corrected chi connectivity index (χ3v) is 3.12. The molecule has 2 N–H and O–H groups in total. The number of nitrogen functional groups attached to an aromatic ring is 1. The van der Waals surface area contributed by atoms with E-state index in [1.54, 1.807) is 4.68 Å². The number of rotatable bonds is 3. The number of anilines is 1. The van der Waals surface area contributed by atoms with Crippen LogP contribution in [0, 0.1) is 6.92 Å². The van der Waals surface area contributed by atoms with Gasteiger partial charge in [-0.2, -0.15) is 5.10 Å². The molecule has 6 heteroatoms. The fraction of sp³-hybridized carbons (Fsp3) is 0.214. The molecule has 0 aliphatic carbocycles. The molecule has 0 saturated carbocycles. The Kier molecular flexibility index (Phi) is 2.98. The number of benzene rings is 1. The van der Waals surface area contributed by atoms with Gasteiger partial charge >= 0.3 is 0 Å². The fourth-order valence-electron chi connectivity index (χ4n) is 2.07. The standard InChI is InChI=1S/C14H15N5O/c1-3-19-12(11(15)9(2)18-19)14-17-16-13(20-14)10-7-5-4-6-8-10/h4-8H,3,15H2,1-2H3. The highest BCUT2D eigenvalue weighted by Gasteiger charge is 2.19. The number of hydrogen-bond acceptors (Lipinski definition) is 5. The van der Waals surface area contributed by atoms with Crippen molar-refractivity contribution >= 4 is 5.69 Å². The largest absolute Gasteiger partial charge is 0.415 e. The summed E-state index contributed by atoms with van der Waals surface area (Å²) in [6.07, 6.45) is 0. The van der Waals surface area contributed by atoms with Crippen LogP contribution in [-0.4, -0.2) is 20.0 Å². The zero-order valence-electron chi connectivity index (χ0n) is 11.4. The molecule has 102 valence electrons. The van der Waals surface area contributed by atoms with Gasteiger partial charge in [0.25, 0.3) is 5.89 Å². The molecular formula is C14H15N5O. The normalized spacial score (nSPS) is 10.9. The molecule has 0 aliphatic heterocycles. The van der Waals surface area contributed by atoms with Crippen molar-refractivity contribution in [2.45, 2.75) is 20.4 Å². The minimum atomic E-state index is 0.392. The lowest BCUT2D eigenvalue weighted by molar-refractivity contribution is 0.566. The lowest BCUT2D eigenvalue weighted by Crippen LogP contribution is -2.00.